The minimum Gasteiger partial charge on any atom is -0.353 e. The molecule has 0 radical (unpaired) electrons. The molecule has 1 heterocycles. The summed E-state index contributed by atoms with van der Waals surface area (Å²) in [5.41, 5.74) is 0.289. The van der Waals surface area contributed by atoms with E-state index in [0.29, 0.717) is 25.3 Å². The number of hydrogen-bond donors (Lipinski definition) is 1. The normalized spacial score (nSPS) is 14.9. The Morgan fingerprint density at radius 3 is 3.07 bits per heavy atom. The first kappa shape index (κ1) is 9.82. The fourth-order valence-corrected chi connectivity index (χ4v) is 1.22. The second-order valence-corrected chi connectivity index (χ2v) is 3.62. The van der Waals surface area contributed by atoms with E-state index in [-0.39, 0.29) is 11.6 Å². The number of nitrogens with one attached hydrogen (secondary N) is 1. The molecule has 0 aliphatic heterocycles. The molecule has 1 aliphatic rings. The van der Waals surface area contributed by atoms with Crippen LogP contribution in [0.4, 0.5) is 0 Å². The van der Waals surface area contributed by atoms with Gasteiger partial charge in [0.05, 0.1) is 12.7 Å². The van der Waals surface area contributed by atoms with Gasteiger partial charge < -0.3 is 5.32 Å². The van der Waals surface area contributed by atoms with Gasteiger partial charge in [-0.3, -0.25) is 14.3 Å². The maximum atomic E-state index is 11.3. The molecule has 0 spiro atoms. The molecule has 1 aromatic rings. The third-order valence-corrected chi connectivity index (χ3v) is 2.19. The van der Waals surface area contributed by atoms with E-state index < -0.39 is 0 Å². The van der Waals surface area contributed by atoms with Gasteiger partial charge in [-0.25, -0.2) is 0 Å². The van der Waals surface area contributed by atoms with Gasteiger partial charge >= 0.3 is 0 Å². The maximum Gasteiger partial charge on any atom is 0.222 e. The molecule has 6 heteroatoms. The summed E-state index contributed by atoms with van der Waals surface area (Å²) in [4.78, 5) is 21.6. The van der Waals surface area contributed by atoms with Crippen LogP contribution in [0.15, 0.2) is 6.20 Å². The Morgan fingerprint density at radius 2 is 2.47 bits per heavy atom. The van der Waals surface area contributed by atoms with Crippen LogP contribution in [-0.4, -0.2) is 33.2 Å². The molecule has 0 saturated heterocycles. The van der Waals surface area contributed by atoms with Crippen LogP contribution in [0.2, 0.25) is 0 Å². The second kappa shape index (κ2) is 4.20. The lowest BCUT2D eigenvalue weighted by atomic mass is 10.4. The number of aryl methyl sites for hydroxylation is 1. The largest absolute Gasteiger partial charge is 0.353 e. The van der Waals surface area contributed by atoms with Gasteiger partial charge in [-0.1, -0.05) is 5.21 Å². The van der Waals surface area contributed by atoms with E-state index in [1.165, 1.54) is 10.9 Å². The van der Waals surface area contributed by atoms with E-state index in [9.17, 15) is 9.59 Å². The highest BCUT2D eigenvalue weighted by molar-refractivity contribution is 5.76. The van der Waals surface area contributed by atoms with Crippen LogP contribution in [-0.2, 0) is 11.3 Å². The van der Waals surface area contributed by atoms with Gasteiger partial charge in [-0.2, -0.15) is 0 Å². The number of amides is 1. The van der Waals surface area contributed by atoms with E-state index in [4.69, 9.17) is 0 Å². The Hall–Kier alpha value is -1.72. The van der Waals surface area contributed by atoms with Crippen molar-refractivity contribution in [3.05, 3.63) is 11.9 Å². The summed E-state index contributed by atoms with van der Waals surface area (Å²) in [6, 6.07) is 0.388. The molecule has 15 heavy (non-hydrogen) atoms. The van der Waals surface area contributed by atoms with Crippen molar-refractivity contribution < 1.29 is 9.59 Å². The molecule has 1 saturated carbocycles. The van der Waals surface area contributed by atoms with Crippen LogP contribution in [0.1, 0.15) is 29.8 Å². The molecule has 1 fully saturated rings. The number of carbonyl (C=O) groups is 2. The standard InChI is InChI=1S/C9H12N4O2/c14-6-8-5-13(12-11-8)4-3-9(15)10-7-1-2-7/h5-7H,1-4H2,(H,10,15). The van der Waals surface area contributed by atoms with Gasteiger partial charge in [0.25, 0.3) is 0 Å². The summed E-state index contributed by atoms with van der Waals surface area (Å²) >= 11 is 0. The average molecular weight is 208 g/mol. The van der Waals surface area contributed by atoms with Gasteiger partial charge in [0.15, 0.2) is 6.29 Å². The predicted molar refractivity (Wildman–Crippen MR) is 51.2 cm³/mol. The molecule has 1 aromatic heterocycles. The second-order valence-electron chi connectivity index (χ2n) is 3.62. The number of hydrogen-bond acceptors (Lipinski definition) is 4. The Morgan fingerprint density at radius 1 is 1.67 bits per heavy atom. The number of carbonyl (C=O) groups excluding carboxylic acids is 2. The van der Waals surface area contributed by atoms with Crippen LogP contribution in [0, 0.1) is 0 Å². The summed E-state index contributed by atoms with van der Waals surface area (Å²) in [5, 5.41) is 10.2. The van der Waals surface area contributed by atoms with Crippen LogP contribution >= 0.6 is 0 Å². The van der Waals surface area contributed by atoms with E-state index in [2.05, 4.69) is 15.6 Å². The summed E-state index contributed by atoms with van der Waals surface area (Å²) < 4.78 is 1.50. The topological polar surface area (TPSA) is 76.9 Å². The predicted octanol–water partition coefficient (Wildman–Crippen LogP) is -0.241. The van der Waals surface area contributed by atoms with E-state index in [1.54, 1.807) is 0 Å². The zero-order chi connectivity index (χ0) is 10.7. The zero-order valence-electron chi connectivity index (χ0n) is 8.22. The van der Waals surface area contributed by atoms with Gasteiger partial charge in [-0.05, 0) is 12.8 Å². The lowest BCUT2D eigenvalue weighted by Gasteiger charge is -2.02. The monoisotopic (exact) mass is 208 g/mol. The Kier molecular flexibility index (Phi) is 2.75. The molecule has 1 N–H and O–H groups in total. The van der Waals surface area contributed by atoms with E-state index >= 15 is 0 Å². The molecule has 0 atom stereocenters. The molecule has 0 unspecified atom stereocenters. The van der Waals surface area contributed by atoms with Crippen molar-refractivity contribution in [3.63, 3.8) is 0 Å². The van der Waals surface area contributed by atoms with Crippen LogP contribution < -0.4 is 5.32 Å². The van der Waals surface area contributed by atoms with Crippen molar-refractivity contribution in [2.24, 2.45) is 0 Å². The number of aldehydes is 1. The SMILES string of the molecule is O=Cc1cn(CCC(=O)NC2CC2)nn1. The summed E-state index contributed by atoms with van der Waals surface area (Å²) in [7, 11) is 0. The molecule has 0 bridgehead atoms. The first-order valence-electron chi connectivity index (χ1n) is 4.92. The fraction of sp³-hybridized carbons (Fsp3) is 0.556. The summed E-state index contributed by atoms with van der Waals surface area (Å²) in [5.74, 6) is 0.0284. The summed E-state index contributed by atoms with van der Waals surface area (Å²) in [6.45, 7) is 0.458. The van der Waals surface area contributed by atoms with Gasteiger partial charge in [0, 0.05) is 12.5 Å². The molecule has 1 aliphatic carbocycles. The molecule has 0 aromatic carbocycles. The highest BCUT2D eigenvalue weighted by atomic mass is 16.1. The molecule has 80 valence electrons. The maximum absolute atomic E-state index is 11.3. The molecule has 2 rings (SSSR count). The smallest absolute Gasteiger partial charge is 0.222 e. The number of rotatable bonds is 5. The van der Waals surface area contributed by atoms with Crippen LogP contribution in [0.3, 0.4) is 0 Å². The van der Waals surface area contributed by atoms with Crippen LogP contribution in [0.25, 0.3) is 0 Å². The molecule has 6 nitrogen and oxygen atoms in total. The van der Waals surface area contributed by atoms with Gasteiger partial charge in [0.1, 0.15) is 5.69 Å². The molecular weight excluding hydrogens is 196 g/mol. The molecule has 1 amide bonds. The lowest BCUT2D eigenvalue weighted by molar-refractivity contribution is -0.121. The van der Waals surface area contributed by atoms with Crippen molar-refractivity contribution in [2.75, 3.05) is 0 Å². The Bertz CT molecular complexity index is 370. The minimum atomic E-state index is 0.0284. The van der Waals surface area contributed by atoms with E-state index in [1.807, 2.05) is 0 Å². The lowest BCUT2D eigenvalue weighted by Crippen LogP contribution is -2.26. The van der Waals surface area contributed by atoms with Gasteiger partial charge in [-0.15, -0.1) is 5.10 Å². The van der Waals surface area contributed by atoms with Crippen molar-refractivity contribution in [3.8, 4) is 0 Å². The van der Waals surface area contributed by atoms with Crippen molar-refractivity contribution in [1.82, 2.24) is 20.3 Å². The van der Waals surface area contributed by atoms with Crippen molar-refractivity contribution in [1.29, 1.82) is 0 Å². The fourth-order valence-electron chi connectivity index (χ4n) is 1.22. The van der Waals surface area contributed by atoms with Crippen LogP contribution in [0.5, 0.6) is 0 Å². The van der Waals surface area contributed by atoms with Crippen molar-refractivity contribution >= 4 is 12.2 Å². The Balaban J connectivity index is 1.76. The highest BCUT2D eigenvalue weighted by Crippen LogP contribution is 2.18. The number of nitrogens with zero attached hydrogens (tertiary/aromatic N) is 3. The summed E-state index contributed by atoms with van der Waals surface area (Å²) in [6.07, 6.45) is 4.71. The van der Waals surface area contributed by atoms with Gasteiger partial charge in [0.2, 0.25) is 5.91 Å². The molecular formula is C9H12N4O2. The zero-order valence-corrected chi connectivity index (χ0v) is 8.22. The number of aromatic nitrogens is 3. The third-order valence-electron chi connectivity index (χ3n) is 2.19. The first-order chi connectivity index (χ1) is 7.28. The third kappa shape index (κ3) is 2.87. The minimum absolute atomic E-state index is 0.0284. The quantitative estimate of drug-likeness (QED) is 0.677. The van der Waals surface area contributed by atoms with Crippen molar-refractivity contribution in [2.45, 2.75) is 31.8 Å². The highest BCUT2D eigenvalue weighted by Gasteiger charge is 2.22. The first-order valence-corrected chi connectivity index (χ1v) is 4.92. The van der Waals surface area contributed by atoms with E-state index in [0.717, 1.165) is 12.8 Å². The Labute approximate surface area is 86.6 Å². The average Bonchev–Trinajstić information content (AvgIpc) is 2.92.